The van der Waals surface area contributed by atoms with Crippen LogP contribution in [0.4, 0.5) is 0 Å². The lowest BCUT2D eigenvalue weighted by atomic mass is 10.2. The molecule has 0 aliphatic rings. The Morgan fingerprint density at radius 1 is 0.900 bits per heavy atom. The van der Waals surface area contributed by atoms with Gasteiger partial charge in [-0.1, -0.05) is 30.3 Å². The SMILES string of the molecule is Cc1ccc(C)n1NCc1ccc(-c2ccccc2)s1. The Morgan fingerprint density at radius 3 is 2.30 bits per heavy atom. The van der Waals surface area contributed by atoms with E-state index in [0.717, 1.165) is 6.54 Å². The first kappa shape index (κ1) is 13.0. The van der Waals surface area contributed by atoms with Crippen LogP contribution >= 0.6 is 11.3 Å². The van der Waals surface area contributed by atoms with Crippen LogP contribution in [0.15, 0.2) is 54.6 Å². The van der Waals surface area contributed by atoms with Gasteiger partial charge in [-0.25, -0.2) is 0 Å². The van der Waals surface area contributed by atoms with Crippen molar-refractivity contribution in [1.82, 2.24) is 4.68 Å². The summed E-state index contributed by atoms with van der Waals surface area (Å²) in [7, 11) is 0. The standard InChI is InChI=1S/C17H18N2S/c1-13-8-9-14(2)19(13)18-12-16-10-11-17(20-16)15-6-4-3-5-7-15/h3-11,18H,12H2,1-2H3. The van der Waals surface area contributed by atoms with Crippen LogP contribution in [-0.2, 0) is 6.54 Å². The fourth-order valence-corrected chi connectivity index (χ4v) is 3.25. The molecular formula is C17H18N2S. The van der Waals surface area contributed by atoms with Crippen molar-refractivity contribution in [2.75, 3.05) is 5.43 Å². The molecule has 0 bridgehead atoms. The molecule has 2 aromatic heterocycles. The van der Waals surface area contributed by atoms with Crippen LogP contribution in [0.3, 0.4) is 0 Å². The summed E-state index contributed by atoms with van der Waals surface area (Å²) in [6.07, 6.45) is 0. The van der Waals surface area contributed by atoms with Crippen LogP contribution in [-0.4, -0.2) is 4.68 Å². The molecule has 2 heterocycles. The van der Waals surface area contributed by atoms with Gasteiger partial charge in [-0.05, 0) is 43.7 Å². The number of thiophene rings is 1. The van der Waals surface area contributed by atoms with Gasteiger partial charge in [0.25, 0.3) is 0 Å². The lowest BCUT2D eigenvalue weighted by Crippen LogP contribution is -2.16. The molecule has 3 rings (SSSR count). The minimum Gasteiger partial charge on any atom is -0.321 e. The van der Waals surface area contributed by atoms with E-state index >= 15 is 0 Å². The van der Waals surface area contributed by atoms with Gasteiger partial charge in [0.1, 0.15) is 0 Å². The van der Waals surface area contributed by atoms with Crippen molar-refractivity contribution in [3.05, 3.63) is 70.9 Å². The van der Waals surface area contributed by atoms with Crippen molar-refractivity contribution >= 4 is 11.3 Å². The second-order valence-electron chi connectivity index (χ2n) is 4.92. The van der Waals surface area contributed by atoms with Crippen LogP contribution < -0.4 is 5.43 Å². The minimum absolute atomic E-state index is 0.855. The molecule has 20 heavy (non-hydrogen) atoms. The molecule has 0 aliphatic carbocycles. The summed E-state index contributed by atoms with van der Waals surface area (Å²) in [5, 5.41) is 0. The first-order chi connectivity index (χ1) is 9.74. The number of aryl methyl sites for hydroxylation is 2. The molecule has 0 saturated heterocycles. The average molecular weight is 282 g/mol. The minimum atomic E-state index is 0.855. The van der Waals surface area contributed by atoms with Gasteiger partial charge in [0.2, 0.25) is 0 Å². The van der Waals surface area contributed by atoms with Crippen LogP contribution in [0.2, 0.25) is 0 Å². The molecule has 0 amide bonds. The zero-order valence-corrected chi connectivity index (χ0v) is 12.6. The fraction of sp³-hybridized carbons (Fsp3) is 0.176. The van der Waals surface area contributed by atoms with E-state index in [4.69, 9.17) is 0 Å². The van der Waals surface area contributed by atoms with Gasteiger partial charge < -0.3 is 5.43 Å². The molecule has 0 unspecified atom stereocenters. The summed E-state index contributed by atoms with van der Waals surface area (Å²) in [4.78, 5) is 2.67. The molecule has 0 saturated carbocycles. The number of nitrogens with one attached hydrogen (secondary N) is 1. The molecule has 0 spiro atoms. The summed E-state index contributed by atoms with van der Waals surface area (Å²) < 4.78 is 2.14. The quantitative estimate of drug-likeness (QED) is 0.741. The summed E-state index contributed by atoms with van der Waals surface area (Å²) in [6.45, 7) is 5.08. The van der Waals surface area contributed by atoms with Crippen molar-refractivity contribution in [1.29, 1.82) is 0 Å². The molecule has 3 aromatic rings. The van der Waals surface area contributed by atoms with E-state index in [2.05, 4.69) is 78.5 Å². The molecule has 102 valence electrons. The van der Waals surface area contributed by atoms with Gasteiger partial charge >= 0.3 is 0 Å². The third kappa shape index (κ3) is 2.63. The Bertz CT molecular complexity index is 675. The maximum atomic E-state index is 3.47. The van der Waals surface area contributed by atoms with Gasteiger partial charge in [-0.15, -0.1) is 11.3 Å². The Labute approximate surface area is 123 Å². The number of hydrogen-bond donors (Lipinski definition) is 1. The second-order valence-corrected chi connectivity index (χ2v) is 6.09. The smallest absolute Gasteiger partial charge is 0.0657 e. The predicted octanol–water partition coefficient (Wildman–Crippen LogP) is 4.58. The number of benzene rings is 1. The molecule has 1 N–H and O–H groups in total. The molecule has 2 nitrogen and oxygen atoms in total. The molecule has 0 radical (unpaired) electrons. The topological polar surface area (TPSA) is 17.0 Å². The van der Waals surface area contributed by atoms with E-state index in [1.165, 1.54) is 26.7 Å². The van der Waals surface area contributed by atoms with E-state index in [-0.39, 0.29) is 0 Å². The monoisotopic (exact) mass is 282 g/mol. The van der Waals surface area contributed by atoms with E-state index in [0.29, 0.717) is 0 Å². The van der Waals surface area contributed by atoms with Crippen molar-refractivity contribution in [3.63, 3.8) is 0 Å². The Kier molecular flexibility index (Phi) is 3.61. The Morgan fingerprint density at radius 2 is 1.60 bits per heavy atom. The summed E-state index contributed by atoms with van der Waals surface area (Å²) >= 11 is 1.84. The van der Waals surface area contributed by atoms with Crippen LogP contribution in [0, 0.1) is 13.8 Å². The Balaban J connectivity index is 1.72. The maximum Gasteiger partial charge on any atom is 0.0657 e. The average Bonchev–Trinajstić information content (AvgIpc) is 3.06. The molecule has 3 heteroatoms. The lowest BCUT2D eigenvalue weighted by molar-refractivity contribution is 0.797. The van der Waals surface area contributed by atoms with Crippen molar-refractivity contribution in [2.45, 2.75) is 20.4 Å². The molecule has 1 aromatic carbocycles. The zero-order valence-electron chi connectivity index (χ0n) is 11.8. The first-order valence-corrected chi connectivity index (χ1v) is 7.58. The van der Waals surface area contributed by atoms with Crippen LogP contribution in [0.25, 0.3) is 10.4 Å². The highest BCUT2D eigenvalue weighted by Gasteiger charge is 2.04. The third-order valence-corrected chi connectivity index (χ3v) is 4.54. The number of hydrogen-bond acceptors (Lipinski definition) is 2. The molecule has 0 atom stereocenters. The first-order valence-electron chi connectivity index (χ1n) is 6.77. The highest BCUT2D eigenvalue weighted by molar-refractivity contribution is 7.15. The van der Waals surface area contributed by atoms with Gasteiger partial charge in [0.15, 0.2) is 0 Å². The fourth-order valence-electron chi connectivity index (χ4n) is 2.31. The second kappa shape index (κ2) is 5.55. The molecule has 0 fully saturated rings. The largest absolute Gasteiger partial charge is 0.321 e. The van der Waals surface area contributed by atoms with Gasteiger partial charge in [0, 0.05) is 21.1 Å². The van der Waals surface area contributed by atoms with Crippen molar-refractivity contribution in [3.8, 4) is 10.4 Å². The zero-order chi connectivity index (χ0) is 13.9. The number of rotatable bonds is 4. The van der Waals surface area contributed by atoms with E-state index in [1.54, 1.807) is 0 Å². The molecule has 0 aliphatic heterocycles. The maximum absolute atomic E-state index is 3.47. The van der Waals surface area contributed by atoms with E-state index < -0.39 is 0 Å². The van der Waals surface area contributed by atoms with Crippen molar-refractivity contribution < 1.29 is 0 Å². The highest BCUT2D eigenvalue weighted by atomic mass is 32.1. The van der Waals surface area contributed by atoms with Crippen LogP contribution in [0.1, 0.15) is 16.3 Å². The number of aromatic nitrogens is 1. The highest BCUT2D eigenvalue weighted by Crippen LogP contribution is 2.27. The normalized spacial score (nSPS) is 10.7. The predicted molar refractivity (Wildman–Crippen MR) is 86.7 cm³/mol. The third-order valence-electron chi connectivity index (χ3n) is 3.40. The summed E-state index contributed by atoms with van der Waals surface area (Å²) in [5.41, 5.74) is 7.23. The van der Waals surface area contributed by atoms with Gasteiger partial charge in [0.05, 0.1) is 6.54 Å². The number of nitrogens with zero attached hydrogens (tertiary/aromatic N) is 1. The van der Waals surface area contributed by atoms with Gasteiger partial charge in [-0.3, -0.25) is 4.68 Å². The Hall–Kier alpha value is -2.00. The lowest BCUT2D eigenvalue weighted by Gasteiger charge is -2.11. The summed E-state index contributed by atoms with van der Waals surface area (Å²) in [5.74, 6) is 0. The van der Waals surface area contributed by atoms with E-state index in [1.807, 2.05) is 11.3 Å². The van der Waals surface area contributed by atoms with E-state index in [9.17, 15) is 0 Å². The molecular weight excluding hydrogens is 264 g/mol. The van der Waals surface area contributed by atoms with Crippen molar-refractivity contribution in [2.24, 2.45) is 0 Å². The summed E-state index contributed by atoms with van der Waals surface area (Å²) in [6, 6.07) is 19.2. The van der Waals surface area contributed by atoms with Gasteiger partial charge in [-0.2, -0.15) is 0 Å². The van der Waals surface area contributed by atoms with Crippen LogP contribution in [0.5, 0.6) is 0 Å².